The molecule has 1 unspecified atom stereocenters. The molecular formula is C19H27N5OS. The van der Waals surface area contributed by atoms with Gasteiger partial charge in [-0.3, -0.25) is 4.90 Å². The van der Waals surface area contributed by atoms with E-state index in [1.807, 2.05) is 19.9 Å². The van der Waals surface area contributed by atoms with Crippen molar-refractivity contribution in [2.75, 3.05) is 38.2 Å². The number of anilines is 1. The lowest BCUT2D eigenvalue weighted by molar-refractivity contribution is -0.0159. The lowest BCUT2D eigenvalue weighted by Crippen LogP contribution is -2.72. The summed E-state index contributed by atoms with van der Waals surface area (Å²) in [7, 11) is 2.26. The third kappa shape index (κ3) is 3.61. The van der Waals surface area contributed by atoms with Gasteiger partial charge in [0.15, 0.2) is 5.82 Å². The molecule has 0 bridgehead atoms. The van der Waals surface area contributed by atoms with Gasteiger partial charge in [0.1, 0.15) is 0 Å². The Labute approximate surface area is 159 Å². The van der Waals surface area contributed by atoms with Crippen molar-refractivity contribution in [3.05, 3.63) is 33.9 Å². The molecule has 0 saturated carbocycles. The number of hydrogen-bond donors (Lipinski definition) is 0. The Kier molecular flexibility index (Phi) is 4.94. The first-order chi connectivity index (χ1) is 12.5. The van der Waals surface area contributed by atoms with Crippen LogP contribution in [0.5, 0.6) is 0 Å². The molecule has 26 heavy (non-hydrogen) atoms. The Hall–Kier alpha value is -1.57. The molecule has 4 rings (SSSR count). The minimum Gasteiger partial charge on any atom is -0.375 e. The van der Waals surface area contributed by atoms with Crippen LogP contribution < -0.4 is 4.90 Å². The first kappa shape index (κ1) is 17.8. The van der Waals surface area contributed by atoms with E-state index >= 15 is 0 Å². The van der Waals surface area contributed by atoms with Crippen LogP contribution in [0.3, 0.4) is 0 Å². The Morgan fingerprint density at radius 2 is 2.12 bits per heavy atom. The highest BCUT2D eigenvalue weighted by molar-refractivity contribution is 7.09. The van der Waals surface area contributed by atoms with E-state index in [0.717, 1.165) is 48.5 Å². The number of rotatable bonds is 5. The Morgan fingerprint density at radius 1 is 1.27 bits per heavy atom. The molecule has 0 aromatic carbocycles. The lowest BCUT2D eigenvalue weighted by atomic mass is 9.75. The predicted molar refractivity (Wildman–Crippen MR) is 104 cm³/mol. The summed E-state index contributed by atoms with van der Waals surface area (Å²) in [4.78, 5) is 9.35. The molecule has 0 amide bonds. The Balaban J connectivity index is 1.30. The van der Waals surface area contributed by atoms with Crippen LogP contribution in [0.25, 0.3) is 0 Å². The molecule has 1 spiro atoms. The van der Waals surface area contributed by atoms with Gasteiger partial charge in [-0.15, -0.1) is 16.4 Å². The zero-order valence-corrected chi connectivity index (χ0v) is 16.6. The maximum atomic E-state index is 5.98. The number of nitrogens with zero attached hydrogens (tertiary/aromatic N) is 5. The van der Waals surface area contributed by atoms with Crippen LogP contribution in [-0.2, 0) is 11.3 Å². The Morgan fingerprint density at radius 3 is 2.81 bits per heavy atom. The molecule has 2 aromatic rings. The summed E-state index contributed by atoms with van der Waals surface area (Å²) in [5, 5.41) is 11.7. The number of piperidine rings is 1. The minimum absolute atomic E-state index is 0.260. The van der Waals surface area contributed by atoms with Crippen LogP contribution in [0.4, 0.5) is 5.82 Å². The summed E-state index contributed by atoms with van der Waals surface area (Å²) in [5.41, 5.74) is 2.28. The first-order valence-corrected chi connectivity index (χ1v) is 10.2. The fourth-order valence-electron chi connectivity index (χ4n) is 4.11. The van der Waals surface area contributed by atoms with Gasteiger partial charge >= 0.3 is 0 Å². The second-order valence-corrected chi connectivity index (χ2v) is 8.83. The van der Waals surface area contributed by atoms with Gasteiger partial charge in [-0.05, 0) is 58.3 Å². The maximum absolute atomic E-state index is 5.98. The summed E-state index contributed by atoms with van der Waals surface area (Å²) in [5.74, 6) is 1.61. The zero-order valence-electron chi connectivity index (χ0n) is 15.8. The van der Waals surface area contributed by atoms with Gasteiger partial charge in [0.2, 0.25) is 0 Å². The number of thiazole rings is 1. The highest BCUT2D eigenvalue weighted by Crippen LogP contribution is 2.39. The molecule has 2 fully saturated rings. The minimum atomic E-state index is 0.260. The normalized spacial score (nSPS) is 22.6. The monoisotopic (exact) mass is 373 g/mol. The number of hydrogen-bond acceptors (Lipinski definition) is 7. The maximum Gasteiger partial charge on any atom is 0.151 e. The van der Waals surface area contributed by atoms with Crippen molar-refractivity contribution in [1.29, 1.82) is 0 Å². The van der Waals surface area contributed by atoms with Gasteiger partial charge in [0.25, 0.3) is 0 Å². The van der Waals surface area contributed by atoms with Gasteiger partial charge in [-0.1, -0.05) is 0 Å². The molecule has 2 saturated heterocycles. The van der Waals surface area contributed by atoms with Gasteiger partial charge in [-0.2, -0.15) is 5.10 Å². The van der Waals surface area contributed by atoms with Crippen LogP contribution in [0.2, 0.25) is 0 Å². The number of likely N-dealkylation sites (N-methyl/N-ethyl adjacent to an activating group) is 1. The van der Waals surface area contributed by atoms with Crippen molar-refractivity contribution in [3.8, 4) is 0 Å². The zero-order chi connectivity index (χ0) is 18.1. The highest BCUT2D eigenvalue weighted by Gasteiger charge is 2.49. The second kappa shape index (κ2) is 7.21. The molecule has 0 N–H and O–H groups in total. The average Bonchev–Trinajstić information content (AvgIpc) is 3.01. The highest BCUT2D eigenvalue weighted by atomic mass is 32.1. The molecule has 0 radical (unpaired) electrons. The molecule has 2 aliphatic heterocycles. The number of aromatic nitrogens is 3. The van der Waals surface area contributed by atoms with E-state index in [1.54, 1.807) is 11.3 Å². The smallest absolute Gasteiger partial charge is 0.151 e. The molecule has 2 aromatic heterocycles. The van der Waals surface area contributed by atoms with Crippen molar-refractivity contribution in [2.24, 2.45) is 5.92 Å². The van der Waals surface area contributed by atoms with Crippen molar-refractivity contribution >= 4 is 17.2 Å². The SMILES string of the molecule is Cc1ccc(N2CC3(CC(COCc4csc(C)n4)CCN3C)C2)nn1. The first-order valence-electron chi connectivity index (χ1n) is 9.29. The van der Waals surface area contributed by atoms with Gasteiger partial charge in [0, 0.05) is 18.5 Å². The standard InChI is InChI=1S/C19H27N5OS/c1-14-4-5-18(22-21-14)24-12-19(13-24)8-16(6-7-23(19)3)9-25-10-17-11-26-15(2)20-17/h4-5,11,16H,6-10,12-13H2,1-3H3. The topological polar surface area (TPSA) is 54.4 Å². The molecule has 0 aliphatic carbocycles. The fraction of sp³-hybridized carbons (Fsp3) is 0.632. The van der Waals surface area contributed by atoms with Crippen LogP contribution in [0.15, 0.2) is 17.5 Å². The quantitative estimate of drug-likeness (QED) is 0.803. The number of aryl methyl sites for hydroxylation is 2. The summed E-state index contributed by atoms with van der Waals surface area (Å²) in [6, 6.07) is 4.11. The van der Waals surface area contributed by atoms with Crippen molar-refractivity contribution < 1.29 is 4.74 Å². The van der Waals surface area contributed by atoms with E-state index in [0.29, 0.717) is 12.5 Å². The van der Waals surface area contributed by atoms with Crippen molar-refractivity contribution in [1.82, 2.24) is 20.1 Å². The number of likely N-dealkylation sites (tertiary alicyclic amines) is 1. The Bertz CT molecular complexity index is 741. The molecule has 4 heterocycles. The van der Waals surface area contributed by atoms with Crippen LogP contribution in [0, 0.1) is 19.8 Å². The van der Waals surface area contributed by atoms with Crippen molar-refractivity contribution in [3.63, 3.8) is 0 Å². The molecule has 7 heteroatoms. The largest absolute Gasteiger partial charge is 0.375 e. The van der Waals surface area contributed by atoms with E-state index in [9.17, 15) is 0 Å². The third-order valence-electron chi connectivity index (χ3n) is 5.70. The van der Waals surface area contributed by atoms with E-state index in [4.69, 9.17) is 4.74 Å². The van der Waals surface area contributed by atoms with E-state index in [-0.39, 0.29) is 5.54 Å². The van der Waals surface area contributed by atoms with Gasteiger partial charge in [0.05, 0.1) is 35.1 Å². The molecule has 140 valence electrons. The second-order valence-electron chi connectivity index (χ2n) is 7.77. The lowest BCUT2D eigenvalue weighted by Gasteiger charge is -2.58. The third-order valence-corrected chi connectivity index (χ3v) is 6.52. The summed E-state index contributed by atoms with van der Waals surface area (Å²) >= 11 is 1.69. The summed E-state index contributed by atoms with van der Waals surface area (Å²) in [6.07, 6.45) is 2.40. The molecule has 6 nitrogen and oxygen atoms in total. The van der Waals surface area contributed by atoms with E-state index in [2.05, 4.69) is 43.5 Å². The fourth-order valence-corrected chi connectivity index (χ4v) is 4.71. The molecule has 1 atom stereocenters. The molecule has 2 aliphatic rings. The summed E-state index contributed by atoms with van der Waals surface area (Å²) in [6.45, 7) is 8.67. The van der Waals surface area contributed by atoms with E-state index < -0.39 is 0 Å². The predicted octanol–water partition coefficient (Wildman–Crippen LogP) is 2.67. The summed E-state index contributed by atoms with van der Waals surface area (Å²) < 4.78 is 5.98. The van der Waals surface area contributed by atoms with Gasteiger partial charge in [-0.25, -0.2) is 4.98 Å². The van der Waals surface area contributed by atoms with Crippen LogP contribution in [0.1, 0.15) is 29.2 Å². The molecular weight excluding hydrogens is 346 g/mol. The van der Waals surface area contributed by atoms with E-state index in [1.165, 1.54) is 12.8 Å². The van der Waals surface area contributed by atoms with Crippen molar-refractivity contribution in [2.45, 2.75) is 38.8 Å². The van der Waals surface area contributed by atoms with Crippen LogP contribution >= 0.6 is 11.3 Å². The van der Waals surface area contributed by atoms with Crippen LogP contribution in [-0.4, -0.2) is 58.9 Å². The van der Waals surface area contributed by atoms with Gasteiger partial charge < -0.3 is 9.64 Å². The number of ether oxygens (including phenoxy) is 1. The average molecular weight is 374 g/mol.